The van der Waals surface area contributed by atoms with Crippen LogP contribution in [0.3, 0.4) is 0 Å². The van der Waals surface area contributed by atoms with Crippen molar-refractivity contribution in [2.24, 2.45) is 0 Å². The van der Waals surface area contributed by atoms with Crippen molar-refractivity contribution in [3.05, 3.63) is 134 Å². The Bertz CT molecular complexity index is 2240. The molecule has 24 heteroatoms. The second-order valence-corrected chi connectivity index (χ2v) is 10.2. The molecule has 5 aromatic carbocycles. The molecule has 0 amide bonds. The van der Waals surface area contributed by atoms with Gasteiger partial charge in [0.05, 0.1) is 27.7 Å². The highest BCUT2D eigenvalue weighted by atomic mass is 19.2. The van der Waals surface area contributed by atoms with E-state index in [1.165, 1.54) is 0 Å². The first-order valence-corrected chi connectivity index (χ1v) is 13.3. The molecule has 0 unspecified atom stereocenters. The molecule has 0 aliphatic heterocycles. The number of benzene rings is 5. The molecule has 0 aliphatic rings. The summed E-state index contributed by atoms with van der Waals surface area (Å²) in [4.78, 5) is 0. The van der Waals surface area contributed by atoms with Crippen molar-refractivity contribution in [1.29, 1.82) is 0 Å². The van der Waals surface area contributed by atoms with Crippen molar-refractivity contribution in [1.82, 2.24) is 0 Å². The Balaban J connectivity index is 1.92. The maximum atomic E-state index is 15.3. The zero-order valence-electron chi connectivity index (χ0n) is 24.5. The number of hydrogen-bond acceptors (Lipinski definition) is 2. The van der Waals surface area contributed by atoms with Crippen LogP contribution in [0.2, 0.25) is 0 Å². The molecule has 0 atom stereocenters. The lowest BCUT2D eigenvalue weighted by Crippen LogP contribution is -2.46. The first kappa shape index (κ1) is 39.5. The van der Waals surface area contributed by atoms with E-state index < -0.39 is 175 Å². The third-order valence-corrected chi connectivity index (χ3v) is 7.09. The van der Waals surface area contributed by atoms with Gasteiger partial charge in [0.1, 0.15) is 5.82 Å². The van der Waals surface area contributed by atoms with Gasteiger partial charge in [0.2, 0.25) is 34.9 Å². The zero-order valence-corrected chi connectivity index (χ0v) is 24.5. The molecule has 0 saturated heterocycles. The second-order valence-electron chi connectivity index (χ2n) is 10.2. The summed E-state index contributed by atoms with van der Waals surface area (Å²) < 4.78 is 314. The van der Waals surface area contributed by atoms with Crippen LogP contribution in [-0.4, -0.2) is 7.12 Å². The smallest absolute Gasteiger partial charge is 0.519 e. The van der Waals surface area contributed by atoms with Gasteiger partial charge in [0.15, 0.2) is 92.9 Å². The zero-order chi connectivity index (χ0) is 40.6. The first-order valence-electron chi connectivity index (χ1n) is 13.3. The summed E-state index contributed by atoms with van der Waals surface area (Å²) >= 11 is 0. The van der Waals surface area contributed by atoms with Crippen LogP contribution in [-0.2, 0) is 0 Å². The van der Waals surface area contributed by atoms with Gasteiger partial charge in [0.25, 0.3) is 0 Å². The van der Waals surface area contributed by atoms with Crippen LogP contribution < -0.4 is 14.8 Å². The molecule has 0 fully saturated rings. The third kappa shape index (κ3) is 5.95. The van der Waals surface area contributed by atoms with Gasteiger partial charge in [0, 0.05) is 6.07 Å². The quantitative estimate of drug-likeness (QED) is 0.0707. The van der Waals surface area contributed by atoms with E-state index in [4.69, 9.17) is 0 Å². The minimum absolute atomic E-state index is 0.369. The predicted octanol–water partition coefficient (Wildman–Crippen LogP) is 9.79. The molecule has 0 heterocycles. The number of rotatable bonds is 7. The molecule has 54 heavy (non-hydrogen) atoms. The normalized spacial score (nSPS) is 11.4. The minimum atomic E-state index is -3.97. The first-order chi connectivity index (χ1) is 25.1. The minimum Gasteiger partial charge on any atom is -0.519 e. The molecule has 284 valence electrons. The number of hydrogen-bond donors (Lipinski definition) is 0. The molecule has 0 N–H and O–H groups in total. The van der Waals surface area contributed by atoms with Crippen LogP contribution in [0.4, 0.5) is 92.2 Å². The summed E-state index contributed by atoms with van der Waals surface area (Å²) in [6.07, 6.45) is 0. The van der Waals surface area contributed by atoms with Gasteiger partial charge in [-0.3, -0.25) is 0 Å². The highest BCUT2D eigenvalue weighted by Crippen LogP contribution is 2.45. The van der Waals surface area contributed by atoms with Gasteiger partial charge in [-0.25, -0.2) is 83.4 Å². The van der Waals surface area contributed by atoms with E-state index in [2.05, 4.69) is 9.31 Å². The Kier molecular flexibility index (Phi) is 10.2. The molecule has 5 rings (SSSR count). The summed E-state index contributed by atoms with van der Waals surface area (Å²) in [7, 11) is -3.97. The lowest BCUT2D eigenvalue weighted by atomic mass is 9.77. The maximum absolute atomic E-state index is 15.3. The Morgan fingerprint density at radius 2 is 0.537 bits per heavy atom. The third-order valence-electron chi connectivity index (χ3n) is 7.09. The van der Waals surface area contributed by atoms with Crippen molar-refractivity contribution < 1.29 is 102 Å². The fourth-order valence-electron chi connectivity index (χ4n) is 4.65. The summed E-state index contributed by atoms with van der Waals surface area (Å²) in [6.45, 7) is 0. The van der Waals surface area contributed by atoms with Crippen LogP contribution in [0.15, 0.2) is 12.1 Å². The SMILES string of the molecule is Fc1cc(F)c(F)c(B(Oc2c(F)c(F)c(F)c(F)c2-c2c(F)c(F)c(F)c(F)c2F)Oc2c(F)c(F)c(F)c(F)c2-c2c(F)c(F)c(F)c(F)c2F)c1. The summed E-state index contributed by atoms with van der Waals surface area (Å²) in [6, 6.07) is -0.784. The molecule has 0 saturated carbocycles. The predicted molar refractivity (Wildman–Crippen MR) is 136 cm³/mol. The van der Waals surface area contributed by atoms with Gasteiger partial charge in [-0.2, -0.15) is 8.78 Å². The van der Waals surface area contributed by atoms with E-state index in [1.54, 1.807) is 0 Å². The average Bonchev–Trinajstić information content (AvgIpc) is 3.13. The van der Waals surface area contributed by atoms with Crippen molar-refractivity contribution >= 4 is 12.6 Å². The van der Waals surface area contributed by atoms with Gasteiger partial charge < -0.3 is 9.31 Å². The molecule has 0 bridgehead atoms. The molecule has 0 radical (unpaired) electrons. The average molecular weight is 804 g/mol. The Hall–Kier alpha value is -5.71. The van der Waals surface area contributed by atoms with Crippen molar-refractivity contribution in [2.75, 3.05) is 0 Å². The van der Waals surface area contributed by atoms with E-state index in [0.29, 0.717) is 0 Å². The maximum Gasteiger partial charge on any atom is 0.636 e. The van der Waals surface area contributed by atoms with Gasteiger partial charge in [-0.1, -0.05) is 0 Å². The highest BCUT2D eigenvalue weighted by molar-refractivity contribution is 6.63. The molecule has 0 spiro atoms. The monoisotopic (exact) mass is 804 g/mol. The molecule has 5 aromatic rings. The van der Waals surface area contributed by atoms with Crippen LogP contribution in [0.1, 0.15) is 0 Å². The summed E-state index contributed by atoms with van der Waals surface area (Å²) in [5.41, 5.74) is -13.2. The van der Waals surface area contributed by atoms with Crippen LogP contribution >= 0.6 is 0 Å². The molecule has 0 aromatic heterocycles. The van der Waals surface area contributed by atoms with E-state index in [9.17, 15) is 70.2 Å². The van der Waals surface area contributed by atoms with E-state index in [1.807, 2.05) is 0 Å². The van der Waals surface area contributed by atoms with Gasteiger partial charge in [-0.15, -0.1) is 0 Å². The lowest BCUT2D eigenvalue weighted by Gasteiger charge is -2.23. The highest BCUT2D eigenvalue weighted by Gasteiger charge is 2.43. The summed E-state index contributed by atoms with van der Waals surface area (Å²) in [5, 5.41) is 0. The van der Waals surface area contributed by atoms with Crippen LogP contribution in [0.5, 0.6) is 11.5 Å². The fourth-order valence-corrected chi connectivity index (χ4v) is 4.65. The number of halogens is 21. The summed E-state index contributed by atoms with van der Waals surface area (Å²) in [5.74, 6) is -68.9. The standard InChI is InChI=1S/C30H2BF21O2/c32-3-1-4(10(34)5(33)2-3)31(53-29-8(15(39)21(45)25(49)27(29)51)6-11(35)17(41)23(47)18(42)12(6)36)54-30-9(16(40)22(46)26(50)28(30)52)7-13(37)19(43)24(48)20(44)14(7)38/h1-2H. The molecular weight excluding hydrogens is 802 g/mol. The Labute approximate surface area is 282 Å². The van der Waals surface area contributed by atoms with Crippen LogP contribution in [0, 0.1) is 122 Å². The molecule has 0 aliphatic carbocycles. The second kappa shape index (κ2) is 13.9. The largest absolute Gasteiger partial charge is 0.636 e. The fraction of sp³-hybridized carbons (Fsp3) is 0. The van der Waals surface area contributed by atoms with Crippen molar-refractivity contribution in [3.63, 3.8) is 0 Å². The Morgan fingerprint density at radius 3 is 0.852 bits per heavy atom. The molecule has 2 nitrogen and oxygen atoms in total. The topological polar surface area (TPSA) is 18.5 Å². The lowest BCUT2D eigenvalue weighted by molar-refractivity contribution is 0.352. The van der Waals surface area contributed by atoms with Crippen LogP contribution in [0.25, 0.3) is 22.3 Å². The van der Waals surface area contributed by atoms with Gasteiger partial charge >= 0.3 is 7.12 Å². The Morgan fingerprint density at radius 1 is 0.278 bits per heavy atom. The van der Waals surface area contributed by atoms with Crippen molar-refractivity contribution in [2.45, 2.75) is 0 Å². The van der Waals surface area contributed by atoms with E-state index in [0.717, 1.165) is 0 Å². The van der Waals surface area contributed by atoms with Crippen molar-refractivity contribution in [3.8, 4) is 33.8 Å². The van der Waals surface area contributed by atoms with E-state index >= 15 is 22.0 Å². The van der Waals surface area contributed by atoms with E-state index in [-0.39, 0.29) is 6.07 Å². The van der Waals surface area contributed by atoms with Gasteiger partial charge in [-0.05, 0) is 6.07 Å². The molecular formula is C30H2BF21O2.